The Morgan fingerprint density at radius 2 is 2.15 bits per heavy atom. The van der Waals surface area contributed by atoms with Crippen molar-refractivity contribution in [3.05, 3.63) is 0 Å². The van der Waals surface area contributed by atoms with Crippen molar-refractivity contribution in [2.24, 2.45) is 29.4 Å². The molecule has 76 valence electrons. The van der Waals surface area contributed by atoms with E-state index in [0.29, 0.717) is 11.9 Å². The van der Waals surface area contributed by atoms with Gasteiger partial charge < -0.3 is 11.1 Å². The molecular formula is C10H23BN2. The zero-order chi connectivity index (χ0) is 10.0. The third-order valence-corrected chi connectivity index (χ3v) is 3.84. The van der Waals surface area contributed by atoms with E-state index < -0.39 is 0 Å². The maximum atomic E-state index is 5.75. The Bertz CT molecular complexity index is 159. The molecule has 0 aliphatic carbocycles. The zero-order valence-corrected chi connectivity index (χ0v) is 9.38. The SMILES string of the molecule is BC1NCC(C)C(C(C)CN)C1C. The number of rotatable bonds is 2. The summed E-state index contributed by atoms with van der Waals surface area (Å²) in [6, 6.07) is 0. The van der Waals surface area contributed by atoms with Crippen LogP contribution in [-0.2, 0) is 0 Å². The lowest BCUT2D eigenvalue weighted by molar-refractivity contribution is 0.125. The Morgan fingerprint density at radius 3 is 2.69 bits per heavy atom. The van der Waals surface area contributed by atoms with Gasteiger partial charge in [0.15, 0.2) is 0 Å². The van der Waals surface area contributed by atoms with E-state index in [4.69, 9.17) is 5.73 Å². The monoisotopic (exact) mass is 182 g/mol. The van der Waals surface area contributed by atoms with Gasteiger partial charge in [0, 0.05) is 0 Å². The van der Waals surface area contributed by atoms with Crippen LogP contribution < -0.4 is 11.1 Å². The molecule has 5 unspecified atom stereocenters. The highest BCUT2D eigenvalue weighted by atomic mass is 14.9. The second-order valence-electron chi connectivity index (χ2n) is 4.82. The van der Waals surface area contributed by atoms with E-state index in [-0.39, 0.29) is 0 Å². The standard InChI is InChI=1S/C10H23BN2/c1-6(4-12)9-7(2)5-13-10(11)8(9)3/h6-10,13H,4-5,11-12H2,1-3H3. The molecule has 0 bridgehead atoms. The highest BCUT2D eigenvalue weighted by molar-refractivity contribution is 6.12. The van der Waals surface area contributed by atoms with Gasteiger partial charge in [0.25, 0.3) is 0 Å². The van der Waals surface area contributed by atoms with Gasteiger partial charge >= 0.3 is 0 Å². The van der Waals surface area contributed by atoms with Gasteiger partial charge in [-0.25, -0.2) is 0 Å². The first-order valence-corrected chi connectivity index (χ1v) is 5.51. The predicted octanol–water partition coefficient (Wildman–Crippen LogP) is 0.0320. The fourth-order valence-corrected chi connectivity index (χ4v) is 2.78. The van der Waals surface area contributed by atoms with E-state index in [0.717, 1.165) is 30.8 Å². The molecule has 5 atom stereocenters. The van der Waals surface area contributed by atoms with Crippen molar-refractivity contribution in [2.75, 3.05) is 13.1 Å². The Morgan fingerprint density at radius 1 is 1.54 bits per heavy atom. The van der Waals surface area contributed by atoms with Crippen molar-refractivity contribution in [1.29, 1.82) is 0 Å². The highest BCUT2D eigenvalue weighted by Gasteiger charge is 2.34. The number of piperidine rings is 1. The smallest absolute Gasteiger partial charge is 0.123 e. The fourth-order valence-electron chi connectivity index (χ4n) is 2.78. The van der Waals surface area contributed by atoms with Gasteiger partial charge in [0.1, 0.15) is 7.85 Å². The van der Waals surface area contributed by atoms with Crippen LogP contribution in [0.4, 0.5) is 0 Å². The summed E-state index contributed by atoms with van der Waals surface area (Å²) in [5.74, 6) is 3.62. The summed E-state index contributed by atoms with van der Waals surface area (Å²) in [5.41, 5.74) is 5.75. The molecule has 0 saturated carbocycles. The minimum Gasteiger partial charge on any atom is -0.330 e. The summed E-state index contributed by atoms with van der Waals surface area (Å²) in [7, 11) is 2.28. The lowest BCUT2D eigenvalue weighted by Crippen LogP contribution is -2.52. The van der Waals surface area contributed by atoms with Crippen LogP contribution in [-0.4, -0.2) is 26.9 Å². The number of nitrogens with two attached hydrogens (primary N) is 1. The maximum Gasteiger partial charge on any atom is 0.123 e. The van der Waals surface area contributed by atoms with Crippen LogP contribution in [0.3, 0.4) is 0 Å². The molecule has 3 heteroatoms. The van der Waals surface area contributed by atoms with Gasteiger partial charge in [-0.15, -0.1) is 0 Å². The Kier molecular flexibility index (Phi) is 3.80. The lowest BCUT2D eigenvalue weighted by atomic mass is 9.65. The number of nitrogens with one attached hydrogen (secondary N) is 1. The summed E-state index contributed by atoms with van der Waals surface area (Å²) in [6.07, 6.45) is 0. The van der Waals surface area contributed by atoms with Gasteiger partial charge in [0.05, 0.1) is 0 Å². The average molecular weight is 182 g/mol. The van der Waals surface area contributed by atoms with Gasteiger partial charge in [0.2, 0.25) is 0 Å². The Labute approximate surface area is 83.1 Å². The summed E-state index contributed by atoms with van der Waals surface area (Å²) >= 11 is 0. The first-order valence-electron chi connectivity index (χ1n) is 5.51. The second-order valence-corrected chi connectivity index (χ2v) is 4.82. The lowest BCUT2D eigenvalue weighted by Gasteiger charge is -2.43. The normalized spacial score (nSPS) is 43.1. The minimum atomic E-state index is 0.648. The second kappa shape index (κ2) is 4.47. The zero-order valence-electron chi connectivity index (χ0n) is 9.38. The first-order chi connectivity index (χ1) is 6.07. The van der Waals surface area contributed by atoms with Crippen molar-refractivity contribution in [2.45, 2.75) is 26.7 Å². The van der Waals surface area contributed by atoms with Crippen molar-refractivity contribution in [3.63, 3.8) is 0 Å². The maximum absolute atomic E-state index is 5.75. The highest BCUT2D eigenvalue weighted by Crippen LogP contribution is 2.32. The van der Waals surface area contributed by atoms with Crippen LogP contribution in [0.5, 0.6) is 0 Å². The molecule has 1 aliphatic heterocycles. The Hall–Kier alpha value is -0.0151. The van der Waals surface area contributed by atoms with E-state index in [1.807, 2.05) is 0 Å². The molecule has 1 saturated heterocycles. The number of hydrogen-bond donors (Lipinski definition) is 2. The van der Waals surface area contributed by atoms with E-state index >= 15 is 0 Å². The van der Waals surface area contributed by atoms with Crippen LogP contribution >= 0.6 is 0 Å². The third-order valence-electron chi connectivity index (χ3n) is 3.84. The molecule has 0 amide bonds. The fraction of sp³-hybridized carbons (Fsp3) is 1.00. The first kappa shape index (κ1) is 11.1. The predicted molar refractivity (Wildman–Crippen MR) is 60.4 cm³/mol. The van der Waals surface area contributed by atoms with Crippen LogP contribution in [0.25, 0.3) is 0 Å². The minimum absolute atomic E-state index is 0.648. The van der Waals surface area contributed by atoms with E-state index in [2.05, 4.69) is 33.9 Å². The number of hydrogen-bond acceptors (Lipinski definition) is 2. The summed E-state index contributed by atoms with van der Waals surface area (Å²) in [4.78, 5) is 0. The molecule has 0 aromatic heterocycles. The topological polar surface area (TPSA) is 38.0 Å². The molecule has 1 rings (SSSR count). The summed E-state index contributed by atoms with van der Waals surface area (Å²) in [5, 5.41) is 3.55. The quantitative estimate of drug-likeness (QED) is 0.591. The summed E-state index contributed by atoms with van der Waals surface area (Å²) in [6.45, 7) is 8.96. The van der Waals surface area contributed by atoms with Crippen molar-refractivity contribution in [1.82, 2.24) is 5.32 Å². The largest absolute Gasteiger partial charge is 0.330 e. The van der Waals surface area contributed by atoms with Crippen molar-refractivity contribution >= 4 is 7.85 Å². The van der Waals surface area contributed by atoms with Crippen LogP contribution in [0, 0.1) is 23.7 Å². The van der Waals surface area contributed by atoms with Gasteiger partial charge in [-0.3, -0.25) is 0 Å². The van der Waals surface area contributed by atoms with Crippen molar-refractivity contribution in [3.8, 4) is 0 Å². The van der Waals surface area contributed by atoms with Gasteiger partial charge in [-0.1, -0.05) is 20.8 Å². The molecule has 3 N–H and O–H groups in total. The van der Waals surface area contributed by atoms with Crippen LogP contribution in [0.15, 0.2) is 0 Å². The van der Waals surface area contributed by atoms with Gasteiger partial charge in [-0.2, -0.15) is 0 Å². The summed E-state index contributed by atoms with van der Waals surface area (Å²) < 4.78 is 0. The van der Waals surface area contributed by atoms with Crippen LogP contribution in [0.2, 0.25) is 0 Å². The molecule has 0 aromatic rings. The van der Waals surface area contributed by atoms with E-state index in [1.54, 1.807) is 0 Å². The molecule has 1 heterocycles. The molecule has 2 nitrogen and oxygen atoms in total. The third kappa shape index (κ3) is 2.26. The molecular weight excluding hydrogens is 159 g/mol. The van der Waals surface area contributed by atoms with Crippen LogP contribution in [0.1, 0.15) is 20.8 Å². The molecule has 0 radical (unpaired) electrons. The van der Waals surface area contributed by atoms with Gasteiger partial charge in [-0.05, 0) is 42.7 Å². The van der Waals surface area contributed by atoms with E-state index in [1.165, 1.54) is 0 Å². The Balaban J connectivity index is 2.65. The average Bonchev–Trinajstić information content (AvgIpc) is 2.12. The molecule has 1 fully saturated rings. The molecule has 0 aromatic carbocycles. The molecule has 0 spiro atoms. The molecule has 13 heavy (non-hydrogen) atoms. The van der Waals surface area contributed by atoms with E-state index in [9.17, 15) is 0 Å². The van der Waals surface area contributed by atoms with Crippen molar-refractivity contribution < 1.29 is 0 Å². The molecule has 1 aliphatic rings.